The Labute approximate surface area is 112 Å². The van der Waals surface area contributed by atoms with Crippen LogP contribution in [0.3, 0.4) is 0 Å². The van der Waals surface area contributed by atoms with Crippen LogP contribution in [-0.4, -0.2) is 4.57 Å². The minimum atomic E-state index is 0.217. The Kier molecular flexibility index (Phi) is 3.13. The number of para-hydroxylation sites is 1. The molecule has 0 saturated heterocycles. The first-order chi connectivity index (χ1) is 9.25. The number of aromatic nitrogens is 1. The lowest BCUT2D eigenvalue weighted by Crippen LogP contribution is -2.17. The van der Waals surface area contributed by atoms with Gasteiger partial charge in [-0.25, -0.2) is 0 Å². The first-order valence-electron chi connectivity index (χ1n) is 6.55. The molecule has 0 fully saturated rings. The van der Waals surface area contributed by atoms with Crippen LogP contribution in [0.15, 0.2) is 53.3 Å². The molecule has 0 amide bonds. The van der Waals surface area contributed by atoms with Crippen LogP contribution in [0.25, 0.3) is 10.9 Å². The fraction of sp³-hybridized carbons (Fsp3) is 0.250. The molecule has 0 aliphatic rings. The van der Waals surface area contributed by atoms with Gasteiger partial charge in [-0.3, -0.25) is 0 Å². The fourth-order valence-electron chi connectivity index (χ4n) is 2.47. The summed E-state index contributed by atoms with van der Waals surface area (Å²) >= 11 is 0. The fourth-order valence-corrected chi connectivity index (χ4v) is 2.47. The zero-order chi connectivity index (χ0) is 13.2. The first-order valence-corrected chi connectivity index (χ1v) is 6.55. The molecule has 2 heterocycles. The lowest BCUT2D eigenvalue weighted by Gasteiger charge is -2.10. The van der Waals surface area contributed by atoms with Crippen LogP contribution in [0.1, 0.15) is 24.3 Å². The van der Waals surface area contributed by atoms with Crippen LogP contribution in [0.5, 0.6) is 0 Å². The van der Waals surface area contributed by atoms with Crippen LogP contribution in [-0.2, 0) is 13.6 Å². The highest BCUT2D eigenvalue weighted by Crippen LogP contribution is 2.21. The van der Waals surface area contributed by atoms with Crippen LogP contribution < -0.4 is 5.32 Å². The van der Waals surface area contributed by atoms with E-state index >= 15 is 0 Å². The molecule has 0 aliphatic heterocycles. The van der Waals surface area contributed by atoms with Gasteiger partial charge >= 0.3 is 0 Å². The zero-order valence-electron chi connectivity index (χ0n) is 11.3. The number of furan rings is 1. The van der Waals surface area contributed by atoms with Crippen molar-refractivity contribution in [2.75, 3.05) is 0 Å². The highest BCUT2D eigenvalue weighted by atomic mass is 16.3. The Bertz CT molecular complexity index is 667. The quantitative estimate of drug-likeness (QED) is 0.770. The number of benzene rings is 1. The van der Waals surface area contributed by atoms with Gasteiger partial charge in [0.2, 0.25) is 0 Å². The minimum Gasteiger partial charge on any atom is -0.468 e. The lowest BCUT2D eigenvalue weighted by atomic mass is 10.1. The van der Waals surface area contributed by atoms with Gasteiger partial charge in [0.25, 0.3) is 0 Å². The maximum Gasteiger partial charge on any atom is 0.120 e. The van der Waals surface area contributed by atoms with Crippen molar-refractivity contribution in [3.05, 3.63) is 60.2 Å². The molecule has 19 heavy (non-hydrogen) atoms. The summed E-state index contributed by atoms with van der Waals surface area (Å²) in [5.74, 6) is 0.972. The van der Waals surface area contributed by atoms with Crippen molar-refractivity contribution in [3.8, 4) is 0 Å². The van der Waals surface area contributed by atoms with Crippen molar-refractivity contribution in [2.24, 2.45) is 7.05 Å². The molecule has 2 aromatic heterocycles. The standard InChI is InChI=1S/C16H18N2O/c1-12(16-8-5-9-19-16)17-10-13-11-18(2)15-7-4-3-6-14(13)15/h3-9,11-12,17H,10H2,1-2H3/t12-/m0/s1. The third kappa shape index (κ3) is 2.29. The lowest BCUT2D eigenvalue weighted by molar-refractivity contribution is 0.430. The number of rotatable bonds is 4. The van der Waals surface area contributed by atoms with Gasteiger partial charge in [-0.05, 0) is 30.7 Å². The van der Waals surface area contributed by atoms with E-state index in [-0.39, 0.29) is 6.04 Å². The molecule has 0 spiro atoms. The van der Waals surface area contributed by atoms with Gasteiger partial charge in [0, 0.05) is 30.7 Å². The SMILES string of the molecule is C[C@H](NCc1cn(C)c2ccccc12)c1ccco1. The Morgan fingerprint density at radius 3 is 2.84 bits per heavy atom. The Balaban J connectivity index is 1.79. The van der Waals surface area contributed by atoms with Crippen molar-refractivity contribution in [3.63, 3.8) is 0 Å². The smallest absolute Gasteiger partial charge is 0.120 e. The molecule has 3 aromatic rings. The Hall–Kier alpha value is -2.00. The number of hydrogen-bond donors (Lipinski definition) is 1. The molecular weight excluding hydrogens is 236 g/mol. The molecule has 0 unspecified atom stereocenters. The topological polar surface area (TPSA) is 30.1 Å². The predicted octanol–water partition coefficient (Wildman–Crippen LogP) is 3.62. The van der Waals surface area contributed by atoms with Crippen LogP contribution in [0.2, 0.25) is 0 Å². The van der Waals surface area contributed by atoms with Gasteiger partial charge in [-0.1, -0.05) is 18.2 Å². The van der Waals surface area contributed by atoms with E-state index in [1.165, 1.54) is 16.5 Å². The molecule has 0 bridgehead atoms. The molecule has 3 rings (SSSR count). The summed E-state index contributed by atoms with van der Waals surface area (Å²) < 4.78 is 7.58. The maximum absolute atomic E-state index is 5.41. The molecule has 98 valence electrons. The molecule has 1 aromatic carbocycles. The van der Waals surface area contributed by atoms with Crippen LogP contribution in [0, 0.1) is 0 Å². The Morgan fingerprint density at radius 1 is 1.21 bits per heavy atom. The molecule has 3 heteroatoms. The number of nitrogens with zero attached hydrogens (tertiary/aromatic N) is 1. The number of aryl methyl sites for hydroxylation is 1. The molecule has 0 radical (unpaired) electrons. The zero-order valence-corrected chi connectivity index (χ0v) is 11.3. The predicted molar refractivity (Wildman–Crippen MR) is 76.9 cm³/mol. The number of hydrogen-bond acceptors (Lipinski definition) is 2. The second kappa shape index (κ2) is 4.94. The van der Waals surface area contributed by atoms with Gasteiger partial charge in [0.15, 0.2) is 0 Å². The van der Waals surface area contributed by atoms with Crippen molar-refractivity contribution in [2.45, 2.75) is 19.5 Å². The summed E-state index contributed by atoms with van der Waals surface area (Å²) in [6.07, 6.45) is 3.90. The summed E-state index contributed by atoms with van der Waals surface area (Å²) in [4.78, 5) is 0. The van der Waals surface area contributed by atoms with Crippen molar-refractivity contribution >= 4 is 10.9 Å². The molecule has 1 N–H and O–H groups in total. The van der Waals surface area contributed by atoms with Gasteiger partial charge in [0.05, 0.1) is 12.3 Å². The molecule has 1 atom stereocenters. The normalized spacial score (nSPS) is 12.9. The largest absolute Gasteiger partial charge is 0.468 e. The van der Waals surface area contributed by atoms with E-state index in [0.717, 1.165) is 12.3 Å². The van der Waals surface area contributed by atoms with Crippen molar-refractivity contribution in [1.82, 2.24) is 9.88 Å². The minimum absolute atomic E-state index is 0.217. The molecule has 0 saturated carbocycles. The summed E-state index contributed by atoms with van der Waals surface area (Å²) in [7, 11) is 2.09. The average molecular weight is 254 g/mol. The van der Waals surface area contributed by atoms with Gasteiger partial charge in [0.1, 0.15) is 5.76 Å². The highest BCUT2D eigenvalue weighted by molar-refractivity contribution is 5.83. The second-order valence-corrected chi connectivity index (χ2v) is 4.90. The van der Waals surface area contributed by atoms with Gasteiger partial charge in [-0.15, -0.1) is 0 Å². The van der Waals surface area contributed by atoms with Gasteiger partial charge < -0.3 is 14.3 Å². The van der Waals surface area contributed by atoms with Crippen molar-refractivity contribution in [1.29, 1.82) is 0 Å². The molecular formula is C16H18N2O. The molecule has 0 aliphatic carbocycles. The number of fused-ring (bicyclic) bond motifs is 1. The van der Waals surface area contributed by atoms with Gasteiger partial charge in [-0.2, -0.15) is 0 Å². The van der Waals surface area contributed by atoms with E-state index in [2.05, 4.69) is 54.3 Å². The third-order valence-electron chi connectivity index (χ3n) is 3.55. The van der Waals surface area contributed by atoms with Crippen LogP contribution >= 0.6 is 0 Å². The summed E-state index contributed by atoms with van der Waals surface area (Å²) in [5.41, 5.74) is 2.58. The number of nitrogens with one attached hydrogen (secondary N) is 1. The van der Waals surface area contributed by atoms with E-state index in [4.69, 9.17) is 4.42 Å². The first kappa shape index (κ1) is 12.1. The van der Waals surface area contributed by atoms with E-state index in [0.29, 0.717) is 0 Å². The highest BCUT2D eigenvalue weighted by Gasteiger charge is 2.10. The maximum atomic E-state index is 5.41. The summed E-state index contributed by atoms with van der Waals surface area (Å²) in [6.45, 7) is 2.95. The van der Waals surface area contributed by atoms with E-state index < -0.39 is 0 Å². The van der Waals surface area contributed by atoms with Crippen LogP contribution in [0.4, 0.5) is 0 Å². The van der Waals surface area contributed by atoms with E-state index in [1.807, 2.05) is 12.1 Å². The second-order valence-electron chi connectivity index (χ2n) is 4.90. The van der Waals surface area contributed by atoms with E-state index in [9.17, 15) is 0 Å². The third-order valence-corrected chi connectivity index (χ3v) is 3.55. The summed E-state index contributed by atoms with van der Waals surface area (Å²) in [5, 5.41) is 4.81. The monoisotopic (exact) mass is 254 g/mol. The summed E-state index contributed by atoms with van der Waals surface area (Å²) in [6, 6.07) is 12.6. The molecule has 3 nitrogen and oxygen atoms in total. The van der Waals surface area contributed by atoms with Crippen molar-refractivity contribution < 1.29 is 4.42 Å². The average Bonchev–Trinajstić information content (AvgIpc) is 3.06. The Morgan fingerprint density at radius 2 is 2.05 bits per heavy atom. The van der Waals surface area contributed by atoms with E-state index in [1.54, 1.807) is 6.26 Å².